The Balaban J connectivity index is 1.79. The van der Waals surface area contributed by atoms with Crippen molar-refractivity contribution < 1.29 is 14.0 Å². The van der Waals surface area contributed by atoms with Gasteiger partial charge in [-0.05, 0) is 37.3 Å². The summed E-state index contributed by atoms with van der Waals surface area (Å²) in [5, 5.41) is 2.73. The maximum Gasteiger partial charge on any atom is 0.254 e. The summed E-state index contributed by atoms with van der Waals surface area (Å²) >= 11 is 1.50. The summed E-state index contributed by atoms with van der Waals surface area (Å²) in [6.45, 7) is 2.26. The molecule has 0 fully saturated rings. The number of benzene rings is 1. The topological polar surface area (TPSA) is 62.6 Å². The van der Waals surface area contributed by atoms with E-state index in [4.69, 9.17) is 4.42 Å². The molecule has 2 amide bonds. The summed E-state index contributed by atoms with van der Waals surface area (Å²) in [7, 11) is 1.72. The number of hydrogen-bond acceptors (Lipinski definition) is 4. The molecule has 0 radical (unpaired) electrons. The van der Waals surface area contributed by atoms with E-state index in [0.717, 1.165) is 10.7 Å². The summed E-state index contributed by atoms with van der Waals surface area (Å²) in [5.74, 6) is 0.578. The third-order valence-electron chi connectivity index (χ3n) is 3.48. The fourth-order valence-corrected chi connectivity index (χ4v) is 3.20. The highest BCUT2D eigenvalue weighted by atomic mass is 32.2. The number of nitrogens with one attached hydrogen (secondary N) is 1. The van der Waals surface area contributed by atoms with Crippen LogP contribution in [0.4, 0.5) is 5.69 Å². The van der Waals surface area contributed by atoms with Gasteiger partial charge in [-0.3, -0.25) is 9.59 Å². The molecule has 22 heavy (non-hydrogen) atoms. The first-order valence-electron chi connectivity index (χ1n) is 6.94. The molecule has 2 aromatic rings. The largest absolute Gasteiger partial charge is 0.467 e. The molecule has 0 saturated carbocycles. The summed E-state index contributed by atoms with van der Waals surface area (Å²) in [6, 6.07) is 9.02. The van der Waals surface area contributed by atoms with Gasteiger partial charge in [0, 0.05) is 17.5 Å². The summed E-state index contributed by atoms with van der Waals surface area (Å²) in [6.07, 6.45) is 1.58. The zero-order valence-corrected chi connectivity index (χ0v) is 13.1. The minimum absolute atomic E-state index is 0.0361. The Morgan fingerprint density at radius 2 is 2.23 bits per heavy atom. The van der Waals surface area contributed by atoms with E-state index < -0.39 is 0 Å². The second kappa shape index (κ2) is 5.88. The molecule has 1 N–H and O–H groups in total. The van der Waals surface area contributed by atoms with Crippen LogP contribution in [0.25, 0.3) is 0 Å². The van der Waals surface area contributed by atoms with Gasteiger partial charge in [0.15, 0.2) is 0 Å². The molecule has 1 aromatic heterocycles. The molecule has 3 rings (SSSR count). The molecule has 1 aliphatic heterocycles. The lowest BCUT2D eigenvalue weighted by atomic mass is 10.1. The third-order valence-corrected chi connectivity index (χ3v) is 4.65. The summed E-state index contributed by atoms with van der Waals surface area (Å²) in [5.41, 5.74) is 1.24. The van der Waals surface area contributed by atoms with Crippen LogP contribution < -0.4 is 5.32 Å². The molecule has 5 nitrogen and oxygen atoms in total. The van der Waals surface area contributed by atoms with Crippen LogP contribution in [0.15, 0.2) is 45.9 Å². The van der Waals surface area contributed by atoms with Gasteiger partial charge in [-0.25, -0.2) is 0 Å². The van der Waals surface area contributed by atoms with Crippen molar-refractivity contribution in [3.05, 3.63) is 47.9 Å². The monoisotopic (exact) mass is 316 g/mol. The second-order valence-electron chi connectivity index (χ2n) is 5.20. The standard InChI is InChI=1S/C16H16N2O3S/c1-10-15(19)17-13-8-11(5-6-14(13)22-10)16(20)18(2)9-12-4-3-7-21-12/h3-8,10H,9H2,1-2H3,(H,17,19). The van der Waals surface area contributed by atoms with E-state index >= 15 is 0 Å². The number of anilines is 1. The van der Waals surface area contributed by atoms with Gasteiger partial charge in [-0.2, -0.15) is 0 Å². The number of nitrogens with zero attached hydrogens (tertiary/aromatic N) is 1. The van der Waals surface area contributed by atoms with Crippen molar-refractivity contribution in [1.82, 2.24) is 4.90 Å². The molecule has 1 aromatic carbocycles. The molecule has 0 bridgehead atoms. The Morgan fingerprint density at radius 3 is 2.95 bits per heavy atom. The Labute approximate surface area is 132 Å². The highest BCUT2D eigenvalue weighted by Crippen LogP contribution is 2.36. The predicted octanol–water partition coefficient (Wildman–Crippen LogP) is 2.98. The Kier molecular flexibility index (Phi) is 3.94. The van der Waals surface area contributed by atoms with Gasteiger partial charge >= 0.3 is 0 Å². The number of rotatable bonds is 3. The SMILES string of the molecule is CC1Sc2ccc(C(=O)N(C)Cc3ccco3)cc2NC1=O. The molecule has 114 valence electrons. The van der Waals surface area contributed by atoms with Gasteiger partial charge in [-0.15, -0.1) is 11.8 Å². The van der Waals surface area contributed by atoms with Crippen molar-refractivity contribution in [2.75, 3.05) is 12.4 Å². The summed E-state index contributed by atoms with van der Waals surface area (Å²) < 4.78 is 5.25. The zero-order chi connectivity index (χ0) is 15.7. The average Bonchev–Trinajstić information content (AvgIpc) is 3.00. The maximum absolute atomic E-state index is 12.5. The van der Waals surface area contributed by atoms with E-state index in [9.17, 15) is 9.59 Å². The van der Waals surface area contributed by atoms with Crippen molar-refractivity contribution in [3.8, 4) is 0 Å². The lowest BCUT2D eigenvalue weighted by molar-refractivity contribution is -0.115. The Morgan fingerprint density at radius 1 is 1.41 bits per heavy atom. The van der Waals surface area contributed by atoms with Crippen molar-refractivity contribution >= 4 is 29.3 Å². The smallest absolute Gasteiger partial charge is 0.254 e. The second-order valence-corrected chi connectivity index (χ2v) is 6.58. The molecule has 1 aliphatic rings. The zero-order valence-electron chi connectivity index (χ0n) is 12.3. The normalized spacial score (nSPS) is 16.8. The highest BCUT2D eigenvalue weighted by Gasteiger charge is 2.24. The fraction of sp³-hybridized carbons (Fsp3) is 0.250. The predicted molar refractivity (Wildman–Crippen MR) is 84.9 cm³/mol. The third kappa shape index (κ3) is 2.87. The van der Waals surface area contributed by atoms with Crippen LogP contribution in [-0.2, 0) is 11.3 Å². The van der Waals surface area contributed by atoms with E-state index in [2.05, 4.69) is 5.32 Å². The van der Waals surface area contributed by atoms with E-state index in [0.29, 0.717) is 17.8 Å². The number of furan rings is 1. The summed E-state index contributed by atoms with van der Waals surface area (Å²) in [4.78, 5) is 26.8. The molecule has 0 saturated heterocycles. The van der Waals surface area contributed by atoms with Crippen LogP contribution in [0, 0.1) is 0 Å². The van der Waals surface area contributed by atoms with E-state index in [1.807, 2.05) is 19.1 Å². The van der Waals surface area contributed by atoms with Crippen molar-refractivity contribution in [2.45, 2.75) is 23.6 Å². The van der Waals surface area contributed by atoms with Crippen LogP contribution in [0.3, 0.4) is 0 Å². The minimum Gasteiger partial charge on any atom is -0.467 e. The molecule has 1 atom stereocenters. The molecular formula is C16H16N2O3S. The van der Waals surface area contributed by atoms with Gasteiger partial charge in [-0.1, -0.05) is 0 Å². The van der Waals surface area contributed by atoms with Crippen molar-refractivity contribution in [1.29, 1.82) is 0 Å². The van der Waals surface area contributed by atoms with Crippen molar-refractivity contribution in [3.63, 3.8) is 0 Å². The van der Waals surface area contributed by atoms with Crippen LogP contribution in [0.5, 0.6) is 0 Å². The lowest BCUT2D eigenvalue weighted by Crippen LogP contribution is -2.28. The van der Waals surface area contributed by atoms with Crippen LogP contribution in [-0.4, -0.2) is 29.0 Å². The first-order valence-corrected chi connectivity index (χ1v) is 7.82. The number of fused-ring (bicyclic) bond motifs is 1. The average molecular weight is 316 g/mol. The van der Waals surface area contributed by atoms with Crippen LogP contribution in [0.1, 0.15) is 23.0 Å². The van der Waals surface area contributed by atoms with E-state index in [1.165, 1.54) is 11.8 Å². The van der Waals surface area contributed by atoms with E-state index in [1.54, 1.807) is 36.4 Å². The first kappa shape index (κ1) is 14.7. The molecule has 1 unspecified atom stereocenters. The number of hydrogen-bond donors (Lipinski definition) is 1. The Bertz CT molecular complexity index is 712. The molecule has 0 spiro atoms. The molecule has 6 heteroatoms. The van der Waals surface area contributed by atoms with Gasteiger partial charge in [0.05, 0.1) is 23.7 Å². The number of thioether (sulfide) groups is 1. The van der Waals surface area contributed by atoms with Crippen LogP contribution in [0.2, 0.25) is 0 Å². The fourth-order valence-electron chi connectivity index (χ4n) is 2.27. The van der Waals surface area contributed by atoms with E-state index in [-0.39, 0.29) is 17.1 Å². The highest BCUT2D eigenvalue weighted by molar-refractivity contribution is 8.00. The molecular weight excluding hydrogens is 300 g/mol. The maximum atomic E-state index is 12.5. The van der Waals surface area contributed by atoms with Gasteiger partial charge in [0.2, 0.25) is 5.91 Å². The lowest BCUT2D eigenvalue weighted by Gasteiger charge is -2.22. The first-order chi connectivity index (χ1) is 10.5. The van der Waals surface area contributed by atoms with Gasteiger partial charge < -0.3 is 14.6 Å². The number of carbonyl (C=O) groups is 2. The number of amides is 2. The quantitative estimate of drug-likeness (QED) is 0.945. The van der Waals surface area contributed by atoms with Gasteiger partial charge in [0.25, 0.3) is 5.91 Å². The Hall–Kier alpha value is -2.21. The van der Waals surface area contributed by atoms with Gasteiger partial charge in [0.1, 0.15) is 5.76 Å². The number of carbonyl (C=O) groups excluding carboxylic acids is 2. The molecule has 2 heterocycles. The van der Waals surface area contributed by atoms with Crippen LogP contribution >= 0.6 is 11.8 Å². The minimum atomic E-state index is -0.115. The van der Waals surface area contributed by atoms with Crippen molar-refractivity contribution in [2.24, 2.45) is 0 Å². The molecule has 0 aliphatic carbocycles.